The molecule has 0 aliphatic rings. The maximum Gasteiger partial charge on any atom is 0.196 e. The van der Waals surface area contributed by atoms with E-state index in [0.29, 0.717) is 23.0 Å². The van der Waals surface area contributed by atoms with E-state index in [4.69, 9.17) is 19.4 Å². The zero-order valence-electron chi connectivity index (χ0n) is 18.9. The Bertz CT molecular complexity index is 1150. The monoisotopic (exact) mass is 458 g/mol. The minimum absolute atomic E-state index is 0.282. The summed E-state index contributed by atoms with van der Waals surface area (Å²) in [6, 6.07) is 33.2. The summed E-state index contributed by atoms with van der Waals surface area (Å²) < 4.78 is 0. The van der Waals surface area contributed by atoms with Gasteiger partial charge in [-0.25, -0.2) is 0 Å². The highest BCUT2D eigenvalue weighted by Gasteiger charge is 2.23. The largest absolute Gasteiger partial charge is 0.547 e. The van der Waals surface area contributed by atoms with Crippen LogP contribution in [0.25, 0.3) is 0 Å². The fourth-order valence-electron chi connectivity index (χ4n) is 3.35. The van der Waals surface area contributed by atoms with Gasteiger partial charge in [-0.3, -0.25) is 9.68 Å². The van der Waals surface area contributed by atoms with Gasteiger partial charge in [0.2, 0.25) is 0 Å². The molecule has 0 aliphatic carbocycles. The molecule has 34 heavy (non-hydrogen) atoms. The lowest BCUT2D eigenvalue weighted by Gasteiger charge is -2.26. The number of hydrogen-bond donors (Lipinski definition) is 2. The number of nitrogens with one attached hydrogen (secondary N) is 2. The van der Waals surface area contributed by atoms with Crippen molar-refractivity contribution in [2.45, 2.75) is 19.3 Å². The number of quaternary nitrogens is 1. The Balaban J connectivity index is 1.33. The number of para-hydroxylation sites is 2. The van der Waals surface area contributed by atoms with E-state index >= 15 is 0 Å². The third-order valence-electron chi connectivity index (χ3n) is 5.36. The molecule has 1 unspecified atom stereocenters. The number of hydrogen-bond acceptors (Lipinski definition) is 6. The molecule has 1 atom stereocenters. The lowest BCUT2D eigenvalue weighted by atomic mass is 9.78. The Labute approximate surface area is 198 Å². The molecule has 0 spiro atoms. The summed E-state index contributed by atoms with van der Waals surface area (Å²) in [6.45, 7) is 4.25. The van der Waals surface area contributed by atoms with Crippen molar-refractivity contribution in [3.8, 4) is 23.0 Å². The lowest BCUT2D eigenvalue weighted by Crippen LogP contribution is -3.11. The van der Waals surface area contributed by atoms with Crippen molar-refractivity contribution in [1.82, 2.24) is 5.64 Å². The van der Waals surface area contributed by atoms with E-state index in [0.717, 1.165) is 11.1 Å². The third kappa shape index (κ3) is 6.05. The highest BCUT2D eigenvalue weighted by molar-refractivity contribution is 5.41. The molecule has 0 radical (unpaired) electrons. The van der Waals surface area contributed by atoms with Gasteiger partial charge in [-0.2, -0.15) is 0 Å². The van der Waals surface area contributed by atoms with E-state index in [1.165, 1.54) is 0 Å². The molecule has 2 N–H and O–H groups in total. The molecule has 0 aromatic heterocycles. The summed E-state index contributed by atoms with van der Waals surface area (Å²) in [5, 5.41) is 11.2. The molecule has 4 rings (SSSR count). The molecule has 0 bridgehead atoms. The van der Waals surface area contributed by atoms with Crippen LogP contribution in [0.5, 0.6) is 23.0 Å². The van der Waals surface area contributed by atoms with Crippen molar-refractivity contribution >= 4 is 0 Å². The molecule has 0 heterocycles. The fraction of sp³-hybridized carbons (Fsp3) is 0.111. The molecule has 174 valence electrons. The minimum Gasteiger partial charge on any atom is -0.547 e. The van der Waals surface area contributed by atoms with Crippen molar-refractivity contribution < 1.29 is 24.7 Å². The molecule has 7 heteroatoms. The molecule has 0 fully saturated rings. The van der Waals surface area contributed by atoms with E-state index in [9.17, 15) is 5.21 Å². The second-order valence-electron chi connectivity index (χ2n) is 8.04. The average Bonchev–Trinajstić information content (AvgIpc) is 2.86. The molecule has 0 aliphatic heterocycles. The Morgan fingerprint density at radius 2 is 0.941 bits per heavy atom. The smallest absolute Gasteiger partial charge is 0.196 e. The zero-order valence-corrected chi connectivity index (χ0v) is 18.9. The standard InChI is InChI=1S/C27H26N2O5/c1-27(2,21-13-17-24(18-14-21)32-28-31-23-9-5-3-6-10-23)22-15-19-26(20-16-22)34-29(30)33-25-11-7-4-8-12-25/h3-20,28-29H,1-2H3. The van der Waals surface area contributed by atoms with Gasteiger partial charge in [-0.15, -0.1) is 0 Å². The van der Waals surface area contributed by atoms with E-state index in [1.807, 2.05) is 72.8 Å². The van der Waals surface area contributed by atoms with E-state index < -0.39 is 5.39 Å². The predicted octanol–water partition coefficient (Wildman–Crippen LogP) is 4.56. The van der Waals surface area contributed by atoms with Crippen LogP contribution >= 0.6 is 0 Å². The Morgan fingerprint density at radius 1 is 0.559 bits per heavy atom. The Morgan fingerprint density at radius 3 is 1.44 bits per heavy atom. The summed E-state index contributed by atoms with van der Waals surface area (Å²) >= 11 is 0. The highest BCUT2D eigenvalue weighted by Crippen LogP contribution is 2.33. The molecule has 0 saturated heterocycles. The van der Waals surface area contributed by atoms with Crippen LogP contribution < -0.4 is 30.4 Å². The zero-order chi connectivity index (χ0) is 23.8. The van der Waals surface area contributed by atoms with Crippen molar-refractivity contribution in [3.05, 3.63) is 126 Å². The van der Waals surface area contributed by atoms with Gasteiger partial charge in [0.05, 0.1) is 0 Å². The van der Waals surface area contributed by atoms with E-state index in [2.05, 4.69) is 19.5 Å². The van der Waals surface area contributed by atoms with Crippen LogP contribution in [0.15, 0.2) is 109 Å². The van der Waals surface area contributed by atoms with Crippen LogP contribution in [-0.4, -0.2) is 0 Å². The summed E-state index contributed by atoms with van der Waals surface area (Å²) in [4.78, 5) is 21.2. The first-order valence-electron chi connectivity index (χ1n) is 10.8. The number of benzene rings is 4. The van der Waals surface area contributed by atoms with Crippen molar-refractivity contribution in [2.24, 2.45) is 0 Å². The van der Waals surface area contributed by atoms with Gasteiger partial charge in [0.1, 0.15) is 0 Å². The third-order valence-corrected chi connectivity index (χ3v) is 5.36. The summed E-state index contributed by atoms with van der Waals surface area (Å²) in [7, 11) is 0. The van der Waals surface area contributed by atoms with Gasteiger partial charge < -0.3 is 14.9 Å². The predicted molar refractivity (Wildman–Crippen MR) is 128 cm³/mol. The summed E-state index contributed by atoms with van der Waals surface area (Å²) in [6.07, 6.45) is 0. The summed E-state index contributed by atoms with van der Waals surface area (Å²) in [5.74, 6) is 2.12. The molecule has 7 nitrogen and oxygen atoms in total. The van der Waals surface area contributed by atoms with Gasteiger partial charge in [-0.1, -0.05) is 74.5 Å². The normalized spacial score (nSPS) is 12.0. The number of rotatable bonds is 10. The first kappa shape index (κ1) is 23.1. The molecule has 0 saturated carbocycles. The molecular formula is C27H26N2O5. The van der Waals surface area contributed by atoms with Crippen LogP contribution in [0.4, 0.5) is 0 Å². The Hall–Kier alpha value is -4.04. The second kappa shape index (κ2) is 10.7. The van der Waals surface area contributed by atoms with Crippen molar-refractivity contribution in [1.29, 1.82) is 0 Å². The van der Waals surface area contributed by atoms with Gasteiger partial charge in [0.25, 0.3) is 0 Å². The molecule has 0 amide bonds. The van der Waals surface area contributed by atoms with Crippen LogP contribution in [-0.2, 0) is 5.41 Å². The van der Waals surface area contributed by atoms with E-state index in [1.54, 1.807) is 36.4 Å². The Kier molecular flexibility index (Phi) is 7.29. The quantitative estimate of drug-likeness (QED) is 0.339. The topological polar surface area (TPSA) is 76.5 Å². The van der Waals surface area contributed by atoms with Crippen molar-refractivity contribution in [3.63, 3.8) is 0 Å². The highest BCUT2D eigenvalue weighted by atomic mass is 17.1. The molecule has 4 aromatic rings. The molecule has 4 aromatic carbocycles. The second-order valence-corrected chi connectivity index (χ2v) is 8.04. The van der Waals surface area contributed by atoms with Crippen molar-refractivity contribution in [2.75, 3.05) is 0 Å². The van der Waals surface area contributed by atoms with Crippen LogP contribution in [0.1, 0.15) is 25.0 Å². The van der Waals surface area contributed by atoms with Crippen LogP contribution in [0.3, 0.4) is 0 Å². The minimum atomic E-state index is -0.779. The SMILES string of the molecule is CC(C)(c1ccc(ONOc2ccccc2)cc1)c1ccc(O[NH+]([O-])Oc2ccccc2)cc1. The van der Waals surface area contributed by atoms with Gasteiger partial charge in [-0.05, 0) is 59.7 Å². The first-order valence-corrected chi connectivity index (χ1v) is 10.8. The maximum atomic E-state index is 12.0. The lowest BCUT2D eigenvalue weighted by molar-refractivity contribution is -1.16. The maximum absolute atomic E-state index is 12.0. The van der Waals surface area contributed by atoms with Gasteiger partial charge in [0.15, 0.2) is 23.0 Å². The summed E-state index contributed by atoms with van der Waals surface area (Å²) in [5.41, 5.74) is 4.37. The van der Waals surface area contributed by atoms with Crippen LogP contribution in [0, 0.1) is 5.21 Å². The van der Waals surface area contributed by atoms with Crippen LogP contribution in [0.2, 0.25) is 0 Å². The van der Waals surface area contributed by atoms with Gasteiger partial charge >= 0.3 is 0 Å². The van der Waals surface area contributed by atoms with E-state index in [-0.39, 0.29) is 5.41 Å². The first-order chi connectivity index (χ1) is 16.5. The fourth-order valence-corrected chi connectivity index (χ4v) is 3.35. The average molecular weight is 459 g/mol. The molecular weight excluding hydrogens is 432 g/mol. The van der Waals surface area contributed by atoms with Gasteiger partial charge in [0, 0.05) is 16.4 Å².